The highest BCUT2D eigenvalue weighted by Crippen LogP contribution is 2.38. The number of aliphatic hydroxyl groups excluding tert-OH is 4. The van der Waals surface area contributed by atoms with Crippen LogP contribution in [0.1, 0.15) is 22.0 Å². The first-order valence-electron chi connectivity index (χ1n) is 9.24. The van der Waals surface area contributed by atoms with Crippen LogP contribution in [0.5, 0.6) is 17.2 Å². The maximum Gasteiger partial charge on any atom is 0.337 e. The third-order valence-electron chi connectivity index (χ3n) is 4.91. The van der Waals surface area contributed by atoms with Gasteiger partial charge in [-0.05, 0) is 42.0 Å². The maximum atomic E-state index is 11.6. The molecule has 0 bridgehead atoms. The Balaban J connectivity index is 1.87. The molecule has 162 valence electrons. The highest BCUT2D eigenvalue weighted by Gasteiger charge is 2.44. The Morgan fingerprint density at radius 2 is 1.67 bits per heavy atom. The average molecular weight is 420 g/mol. The largest absolute Gasteiger partial charge is 0.493 e. The predicted octanol–water partition coefficient (Wildman–Crippen LogP) is 0.789. The molecule has 1 aliphatic rings. The number of benzene rings is 2. The second-order valence-electron chi connectivity index (χ2n) is 6.78. The van der Waals surface area contributed by atoms with Crippen molar-refractivity contribution in [2.75, 3.05) is 20.8 Å². The van der Waals surface area contributed by atoms with Gasteiger partial charge in [-0.1, -0.05) is 6.07 Å². The lowest BCUT2D eigenvalue weighted by Crippen LogP contribution is -2.55. The van der Waals surface area contributed by atoms with E-state index in [1.165, 1.54) is 14.2 Å². The summed E-state index contributed by atoms with van der Waals surface area (Å²) < 4.78 is 21.4. The van der Waals surface area contributed by atoms with Crippen molar-refractivity contribution in [1.29, 1.82) is 0 Å². The minimum atomic E-state index is -1.49. The number of rotatable bonds is 6. The van der Waals surface area contributed by atoms with Gasteiger partial charge in [-0.15, -0.1) is 0 Å². The number of hydrogen-bond donors (Lipinski definition) is 4. The van der Waals surface area contributed by atoms with Gasteiger partial charge in [0, 0.05) is 0 Å². The highest BCUT2D eigenvalue weighted by molar-refractivity contribution is 5.89. The van der Waals surface area contributed by atoms with Crippen LogP contribution in [0.4, 0.5) is 0 Å². The Hall–Kier alpha value is -2.69. The second-order valence-corrected chi connectivity index (χ2v) is 6.78. The van der Waals surface area contributed by atoms with Crippen LogP contribution in [-0.2, 0) is 9.47 Å². The zero-order valence-corrected chi connectivity index (χ0v) is 16.5. The van der Waals surface area contributed by atoms with Crippen LogP contribution in [0.15, 0.2) is 42.5 Å². The Labute approximate surface area is 173 Å². The van der Waals surface area contributed by atoms with Gasteiger partial charge in [0.1, 0.15) is 36.3 Å². The van der Waals surface area contributed by atoms with Crippen LogP contribution in [-0.4, -0.2) is 71.6 Å². The zero-order valence-electron chi connectivity index (χ0n) is 16.5. The molecule has 30 heavy (non-hydrogen) atoms. The summed E-state index contributed by atoms with van der Waals surface area (Å²) in [6, 6.07) is 11.1. The van der Waals surface area contributed by atoms with Crippen LogP contribution in [0, 0.1) is 0 Å². The van der Waals surface area contributed by atoms with Gasteiger partial charge in [0.25, 0.3) is 0 Å². The molecule has 0 radical (unpaired) electrons. The minimum absolute atomic E-state index is 0.303. The van der Waals surface area contributed by atoms with Gasteiger partial charge < -0.3 is 39.4 Å². The van der Waals surface area contributed by atoms with Gasteiger partial charge in [0.15, 0.2) is 11.5 Å². The standard InChI is InChI=1S/C21H24O9/c1-27-14-8-5-12(20-19(25)18(24)17(23)16(10-22)30-20)9-15(14)29-13-6-3-11(4-7-13)21(26)28-2/h3-9,16-20,22-25H,10H2,1-2H3/t16-,17-,18+,19+,20-/m1/s1. The summed E-state index contributed by atoms with van der Waals surface area (Å²) in [4.78, 5) is 11.6. The lowest BCUT2D eigenvalue weighted by Gasteiger charge is -2.40. The summed E-state index contributed by atoms with van der Waals surface area (Å²) in [5.74, 6) is 0.661. The molecule has 2 aromatic rings. The predicted molar refractivity (Wildman–Crippen MR) is 104 cm³/mol. The van der Waals surface area contributed by atoms with Gasteiger partial charge in [-0.3, -0.25) is 0 Å². The molecule has 1 heterocycles. The molecule has 4 N–H and O–H groups in total. The summed E-state index contributed by atoms with van der Waals surface area (Å²) in [5, 5.41) is 39.7. The average Bonchev–Trinajstić information content (AvgIpc) is 2.77. The van der Waals surface area contributed by atoms with Gasteiger partial charge in [0.2, 0.25) is 0 Å². The van der Waals surface area contributed by atoms with Crippen molar-refractivity contribution in [3.63, 3.8) is 0 Å². The first kappa shape index (κ1) is 22.0. The molecule has 9 nitrogen and oxygen atoms in total. The van der Waals surface area contributed by atoms with E-state index < -0.39 is 43.1 Å². The van der Waals surface area contributed by atoms with Crippen molar-refractivity contribution >= 4 is 5.97 Å². The van der Waals surface area contributed by atoms with E-state index in [1.807, 2.05) is 0 Å². The van der Waals surface area contributed by atoms with E-state index in [0.717, 1.165) is 0 Å². The van der Waals surface area contributed by atoms with E-state index >= 15 is 0 Å². The van der Waals surface area contributed by atoms with E-state index in [0.29, 0.717) is 28.4 Å². The summed E-state index contributed by atoms with van der Waals surface area (Å²) in [6.45, 7) is -0.520. The number of methoxy groups -OCH3 is 2. The summed E-state index contributed by atoms with van der Waals surface area (Å²) in [5.41, 5.74) is 0.820. The second kappa shape index (κ2) is 9.41. The van der Waals surface area contributed by atoms with Crippen molar-refractivity contribution in [3.05, 3.63) is 53.6 Å². The van der Waals surface area contributed by atoms with Gasteiger partial charge in [-0.2, -0.15) is 0 Å². The highest BCUT2D eigenvalue weighted by atomic mass is 16.5. The molecule has 0 aromatic heterocycles. The fraction of sp³-hybridized carbons (Fsp3) is 0.381. The van der Waals surface area contributed by atoms with E-state index in [1.54, 1.807) is 42.5 Å². The number of esters is 1. The van der Waals surface area contributed by atoms with Crippen LogP contribution in [0.3, 0.4) is 0 Å². The number of carbonyl (C=O) groups excluding carboxylic acids is 1. The number of carbonyl (C=O) groups is 1. The minimum Gasteiger partial charge on any atom is -0.493 e. The van der Waals surface area contributed by atoms with Crippen LogP contribution in [0.2, 0.25) is 0 Å². The molecular weight excluding hydrogens is 396 g/mol. The molecule has 0 aliphatic carbocycles. The maximum absolute atomic E-state index is 11.6. The van der Waals surface area contributed by atoms with Crippen LogP contribution in [0.25, 0.3) is 0 Å². The fourth-order valence-electron chi connectivity index (χ4n) is 3.23. The third-order valence-corrected chi connectivity index (χ3v) is 4.91. The molecule has 1 saturated heterocycles. The first-order valence-corrected chi connectivity index (χ1v) is 9.24. The molecule has 0 unspecified atom stereocenters. The van der Waals surface area contributed by atoms with Gasteiger partial charge >= 0.3 is 5.97 Å². The van der Waals surface area contributed by atoms with E-state index in [9.17, 15) is 25.2 Å². The SMILES string of the molecule is COC(=O)c1ccc(Oc2cc([C@H]3O[C@H](CO)[C@@H](O)[C@H](O)[C@@H]3O)ccc2OC)cc1. The molecule has 0 saturated carbocycles. The Bertz CT molecular complexity index is 865. The van der Waals surface area contributed by atoms with E-state index in [-0.39, 0.29) is 0 Å². The van der Waals surface area contributed by atoms with E-state index in [4.69, 9.17) is 14.2 Å². The monoisotopic (exact) mass is 420 g/mol. The zero-order chi connectivity index (χ0) is 21.8. The third kappa shape index (κ3) is 4.40. The molecule has 3 rings (SSSR count). The van der Waals surface area contributed by atoms with Gasteiger partial charge in [0.05, 0.1) is 26.4 Å². The molecule has 9 heteroatoms. The van der Waals surface area contributed by atoms with Crippen molar-refractivity contribution < 1.29 is 44.2 Å². The summed E-state index contributed by atoms with van der Waals surface area (Å²) >= 11 is 0. The Morgan fingerprint density at radius 1 is 0.967 bits per heavy atom. The van der Waals surface area contributed by atoms with Crippen molar-refractivity contribution in [1.82, 2.24) is 0 Å². The lowest BCUT2D eigenvalue weighted by molar-refractivity contribution is -0.231. The van der Waals surface area contributed by atoms with Crippen molar-refractivity contribution in [3.8, 4) is 17.2 Å². The van der Waals surface area contributed by atoms with Crippen molar-refractivity contribution in [2.24, 2.45) is 0 Å². The molecule has 5 atom stereocenters. The number of aliphatic hydroxyl groups is 4. The van der Waals surface area contributed by atoms with E-state index in [2.05, 4.69) is 4.74 Å². The molecule has 0 amide bonds. The first-order chi connectivity index (χ1) is 14.4. The normalized spacial score (nSPS) is 26.1. The topological polar surface area (TPSA) is 135 Å². The summed E-state index contributed by atoms with van der Waals surface area (Å²) in [6.07, 6.45) is -6.37. The van der Waals surface area contributed by atoms with Crippen molar-refractivity contribution in [2.45, 2.75) is 30.5 Å². The molecule has 0 spiro atoms. The molecule has 1 fully saturated rings. The Kier molecular flexibility index (Phi) is 6.91. The van der Waals surface area contributed by atoms with Crippen LogP contribution >= 0.6 is 0 Å². The summed E-state index contributed by atoms with van der Waals surface area (Å²) in [7, 11) is 2.76. The molecule has 1 aliphatic heterocycles. The van der Waals surface area contributed by atoms with Crippen LogP contribution < -0.4 is 9.47 Å². The Morgan fingerprint density at radius 3 is 2.27 bits per heavy atom. The van der Waals surface area contributed by atoms with Gasteiger partial charge in [-0.25, -0.2) is 4.79 Å². The lowest BCUT2D eigenvalue weighted by atomic mass is 9.91. The smallest absolute Gasteiger partial charge is 0.337 e. The number of hydrogen-bond acceptors (Lipinski definition) is 9. The molecule has 2 aromatic carbocycles. The fourth-order valence-corrected chi connectivity index (χ4v) is 3.23. The molecular formula is C21H24O9. The quantitative estimate of drug-likeness (QED) is 0.500. The number of ether oxygens (including phenoxy) is 4.